The van der Waals surface area contributed by atoms with Gasteiger partial charge in [-0.25, -0.2) is 0 Å². The van der Waals surface area contributed by atoms with Gasteiger partial charge in [0.15, 0.2) is 0 Å². The summed E-state index contributed by atoms with van der Waals surface area (Å²) >= 11 is 0. The van der Waals surface area contributed by atoms with E-state index in [-0.39, 0.29) is 20.1 Å². The minimum absolute atomic E-state index is 0.0314. The highest BCUT2D eigenvalue weighted by molar-refractivity contribution is 7.04. The minimum atomic E-state index is -0.174. The van der Waals surface area contributed by atoms with Gasteiger partial charge in [-0.3, -0.25) is 0 Å². The summed E-state index contributed by atoms with van der Waals surface area (Å²) in [5.74, 6) is 3.40. The number of fused-ring (bicyclic) bond motifs is 12. The van der Waals surface area contributed by atoms with Gasteiger partial charge in [-0.2, -0.15) is 0 Å². The van der Waals surface area contributed by atoms with Crippen molar-refractivity contribution in [2.24, 2.45) is 0 Å². The Morgan fingerprint density at radius 1 is 0.303 bits per heavy atom. The minimum Gasteiger partial charge on any atom is -0.458 e. The van der Waals surface area contributed by atoms with Crippen LogP contribution in [-0.4, -0.2) is 20.1 Å². The lowest BCUT2D eigenvalue weighted by Gasteiger charge is -2.47. The first kappa shape index (κ1) is 59.5. The Labute approximate surface area is 586 Å². The summed E-state index contributed by atoms with van der Waals surface area (Å²) in [6.07, 6.45) is 18.8. The van der Waals surface area contributed by atoms with E-state index in [4.69, 9.17) is 4.74 Å². The molecule has 0 amide bonds. The average molecular weight is 1280 g/mol. The zero-order valence-electron chi connectivity index (χ0n) is 58.2. The average Bonchev–Trinajstić information content (AvgIpc) is 0.690. The Morgan fingerprint density at radius 2 is 0.707 bits per heavy atom. The molecule has 3 fully saturated rings. The molecule has 0 saturated heterocycles. The molecule has 20 rings (SSSR count). The Balaban J connectivity index is 0.878. The van der Waals surface area contributed by atoms with Gasteiger partial charge in [-0.05, 0) is 265 Å². The smallest absolute Gasteiger partial charge is 0.256 e. The third-order valence-corrected chi connectivity index (χ3v) is 24.8. The van der Waals surface area contributed by atoms with Gasteiger partial charge in [0.1, 0.15) is 11.5 Å². The third-order valence-electron chi connectivity index (χ3n) is 24.8. The second-order valence-electron chi connectivity index (χ2n) is 31.0. The number of benzene rings is 11. The number of nitrogens with zero attached hydrogens (tertiary/aromatic N) is 4. The van der Waals surface area contributed by atoms with Gasteiger partial charge >= 0.3 is 0 Å². The summed E-state index contributed by atoms with van der Waals surface area (Å²) in [5.41, 5.74) is 41.3. The van der Waals surface area contributed by atoms with Crippen LogP contribution >= 0.6 is 0 Å². The molecule has 3 aliphatic carbocycles. The topological polar surface area (TPSA) is 34.2 Å². The van der Waals surface area contributed by atoms with Gasteiger partial charge in [0, 0.05) is 74.3 Å². The molecule has 0 radical (unpaired) electrons. The third kappa shape index (κ3) is 9.16. The maximum Gasteiger partial charge on any atom is 0.256 e. The van der Waals surface area contributed by atoms with E-state index in [0.29, 0.717) is 17.8 Å². The molecule has 0 spiro atoms. The normalized spacial score (nSPS) is 17.1. The number of ether oxygens (including phenoxy) is 1. The molecule has 0 aromatic heterocycles. The molecular weight excluding hydrogens is 1200 g/mol. The Morgan fingerprint density at radius 3 is 1.22 bits per heavy atom. The molecule has 3 saturated carbocycles. The molecular formula is C90H84B3N5O. The van der Waals surface area contributed by atoms with Gasteiger partial charge in [-0.1, -0.05) is 178 Å². The second kappa shape index (κ2) is 23.0. The monoisotopic (exact) mass is 1280 g/mol. The number of para-hydroxylation sites is 4. The number of rotatable bonds is 7. The van der Waals surface area contributed by atoms with Crippen LogP contribution in [0.25, 0.3) is 0 Å². The van der Waals surface area contributed by atoms with Gasteiger partial charge < -0.3 is 29.7 Å². The zero-order valence-corrected chi connectivity index (χ0v) is 58.2. The fourth-order valence-corrected chi connectivity index (χ4v) is 20.8. The molecule has 99 heavy (non-hydrogen) atoms. The van der Waals surface area contributed by atoms with Crippen LogP contribution in [0.4, 0.5) is 79.6 Å². The molecule has 0 unspecified atom stereocenters. The fourth-order valence-electron chi connectivity index (χ4n) is 20.8. The van der Waals surface area contributed by atoms with E-state index in [0.717, 1.165) is 11.5 Å². The largest absolute Gasteiger partial charge is 0.458 e. The predicted molar refractivity (Wildman–Crippen MR) is 421 cm³/mol. The first-order valence-corrected chi connectivity index (χ1v) is 37.6. The Hall–Kier alpha value is -9.59. The second-order valence-corrected chi connectivity index (χ2v) is 31.0. The summed E-state index contributed by atoms with van der Waals surface area (Å²) in [6, 6.07) is 77.0. The first-order valence-electron chi connectivity index (χ1n) is 37.6. The summed E-state index contributed by atoms with van der Waals surface area (Å²) < 4.78 is 8.03. The van der Waals surface area contributed by atoms with Crippen molar-refractivity contribution in [2.45, 2.75) is 156 Å². The van der Waals surface area contributed by atoms with Crippen molar-refractivity contribution in [1.82, 2.24) is 0 Å². The highest BCUT2D eigenvalue weighted by Gasteiger charge is 2.51. The Kier molecular flexibility index (Phi) is 13.8. The van der Waals surface area contributed by atoms with E-state index in [9.17, 15) is 0 Å². The van der Waals surface area contributed by atoms with Gasteiger partial charge in [0.25, 0.3) is 20.1 Å². The molecule has 11 aromatic carbocycles. The molecule has 6 aliphatic heterocycles. The summed E-state index contributed by atoms with van der Waals surface area (Å²) in [7, 11) is 0. The maximum atomic E-state index is 8.03. The van der Waals surface area contributed by atoms with Gasteiger partial charge in [0.2, 0.25) is 0 Å². The van der Waals surface area contributed by atoms with Crippen molar-refractivity contribution in [3.63, 3.8) is 0 Å². The molecule has 0 atom stereocenters. The van der Waals surface area contributed by atoms with Crippen molar-refractivity contribution < 1.29 is 4.74 Å². The quantitative estimate of drug-likeness (QED) is 0.160. The number of aryl methyl sites for hydroxylation is 6. The van der Waals surface area contributed by atoms with Crippen LogP contribution in [0.2, 0.25) is 0 Å². The number of anilines is 14. The molecule has 6 heterocycles. The summed E-state index contributed by atoms with van der Waals surface area (Å²) in [6.45, 7) is 13.6. The molecule has 9 heteroatoms. The maximum absolute atomic E-state index is 8.03. The van der Waals surface area contributed by atoms with E-state index in [1.807, 2.05) is 0 Å². The molecule has 9 aliphatic rings. The number of nitrogens with one attached hydrogen (secondary N) is 1. The molecule has 1 N–H and O–H groups in total. The van der Waals surface area contributed by atoms with Crippen LogP contribution in [0.1, 0.15) is 164 Å². The summed E-state index contributed by atoms with van der Waals surface area (Å²) in [4.78, 5) is 10.6. The number of hydrogen-bond donors (Lipinski definition) is 1. The lowest BCUT2D eigenvalue weighted by atomic mass is 9.29. The highest BCUT2D eigenvalue weighted by Crippen LogP contribution is 2.53. The lowest BCUT2D eigenvalue weighted by molar-refractivity contribution is 0.440. The van der Waals surface area contributed by atoms with Crippen LogP contribution in [0, 0.1) is 41.5 Å². The van der Waals surface area contributed by atoms with Gasteiger partial charge in [0.05, 0.1) is 11.4 Å². The van der Waals surface area contributed by atoms with E-state index >= 15 is 0 Å². The van der Waals surface area contributed by atoms with E-state index < -0.39 is 0 Å². The standard InChI is InChI=1S/C90H84B3N5O/c1-54-40-56(3)89(57(4)41-54)97-78-52-74-70(91-68-36-22-24-38-76(68)95(66-32-18-10-19-33-66)80-45-63(44-75(94-74)86(80)91)60-26-12-7-13-27-60)50-71(78)93-73-51-72-79(53-84(73)99-85-49-65(48-83(97)88(85)93)62-30-16-9-17-31-62)98(90-58(5)42-55(2)43-59(90)6)82-47-64(61-28-14-8-15-29-61)46-81-87(82)92(72)69-37-23-25-39-77(69)96(81)67-34-20-11-21-35-67/h10-11,18-25,32-53,60-62,94H,7-9,12-17,26-31H2,1-6H3. The van der Waals surface area contributed by atoms with Crippen molar-refractivity contribution in [3.05, 3.63) is 244 Å². The number of hydrogen-bond acceptors (Lipinski definition) is 6. The predicted octanol–water partition coefficient (Wildman–Crippen LogP) is 18.5. The van der Waals surface area contributed by atoms with Gasteiger partial charge in [-0.15, -0.1) is 0 Å². The van der Waals surface area contributed by atoms with Crippen molar-refractivity contribution in [2.75, 3.05) is 24.9 Å². The fraction of sp³-hybridized carbons (Fsp3) is 0.267. The van der Waals surface area contributed by atoms with E-state index in [1.165, 1.54) is 275 Å². The first-order chi connectivity index (χ1) is 48.6. The van der Waals surface area contributed by atoms with Crippen molar-refractivity contribution in [3.8, 4) is 11.5 Å². The lowest BCUT2D eigenvalue weighted by Crippen LogP contribution is -2.65. The van der Waals surface area contributed by atoms with E-state index in [2.05, 4.69) is 261 Å². The highest BCUT2D eigenvalue weighted by atomic mass is 16.5. The Bertz CT molecular complexity index is 5130. The van der Waals surface area contributed by atoms with Crippen LogP contribution in [0.15, 0.2) is 194 Å². The van der Waals surface area contributed by atoms with E-state index in [1.54, 1.807) is 0 Å². The molecule has 11 aromatic rings. The van der Waals surface area contributed by atoms with Crippen LogP contribution in [0.3, 0.4) is 0 Å². The zero-order chi connectivity index (χ0) is 66.1. The molecule has 0 bridgehead atoms. The van der Waals surface area contributed by atoms with Crippen molar-refractivity contribution in [1.29, 1.82) is 0 Å². The molecule has 484 valence electrons. The van der Waals surface area contributed by atoms with Crippen molar-refractivity contribution >= 4 is 149 Å². The SMILES string of the molecule is Cc1cc(C)c(N2c3cc4c(cc3B3c5cc6c(cc5Oc5cc(C7CCCCC7)cc2c53)N(c2c(C)cc(C)cc2C)c2cc(C3CCCCC3)cc3c2B6c2ccccc2N3c2ccccc2)B2c3ccccc3N(c3ccccc3)c3cc(C5CCCCC5)cc(c32)N4)c(C)c1. The van der Waals surface area contributed by atoms with Crippen LogP contribution in [-0.2, 0) is 0 Å². The molecule has 6 nitrogen and oxygen atoms in total. The van der Waals surface area contributed by atoms with Crippen LogP contribution < -0.4 is 78.8 Å². The summed E-state index contributed by atoms with van der Waals surface area (Å²) in [5, 5.41) is 4.36. The van der Waals surface area contributed by atoms with Crippen LogP contribution in [0.5, 0.6) is 11.5 Å².